The molecule has 0 radical (unpaired) electrons. The number of nitrogens with one attached hydrogen (secondary N) is 2. The molecule has 9 nitrogen and oxygen atoms in total. The van der Waals surface area contributed by atoms with E-state index in [1.807, 2.05) is 24.4 Å². The number of hydrogen-bond acceptors (Lipinski definition) is 6. The Labute approximate surface area is 175 Å². The number of urea groups is 1. The highest BCUT2D eigenvalue weighted by Gasteiger charge is 2.30. The average Bonchev–Trinajstić information content (AvgIpc) is 3.31. The van der Waals surface area contributed by atoms with Gasteiger partial charge >= 0.3 is 6.03 Å². The number of aryl methyl sites for hydroxylation is 2. The molecule has 5 rings (SSSR count). The summed E-state index contributed by atoms with van der Waals surface area (Å²) in [6, 6.07) is 2.30. The molecule has 30 heavy (non-hydrogen) atoms. The number of aromatic nitrogens is 4. The normalized spacial score (nSPS) is 18.7. The molecule has 1 fully saturated rings. The van der Waals surface area contributed by atoms with Crippen molar-refractivity contribution in [1.29, 1.82) is 0 Å². The molecule has 0 aliphatic carbocycles. The number of nitrogens with zero attached hydrogens (tertiary/aromatic N) is 6. The molecule has 1 saturated heterocycles. The zero-order chi connectivity index (χ0) is 20.8. The summed E-state index contributed by atoms with van der Waals surface area (Å²) in [6.07, 6.45) is 6.32. The lowest BCUT2D eigenvalue weighted by atomic mass is 10.1. The molecule has 5 heterocycles. The van der Waals surface area contributed by atoms with Gasteiger partial charge in [0.25, 0.3) is 0 Å². The van der Waals surface area contributed by atoms with Crippen LogP contribution in [0, 0.1) is 13.8 Å². The maximum Gasteiger partial charge on any atom is 0.328 e. The highest BCUT2D eigenvalue weighted by atomic mass is 16.2. The first-order valence-corrected chi connectivity index (χ1v) is 10.4. The quantitative estimate of drug-likeness (QED) is 0.678. The third kappa shape index (κ3) is 3.24. The van der Waals surface area contributed by atoms with Crippen molar-refractivity contribution in [3.8, 4) is 0 Å². The summed E-state index contributed by atoms with van der Waals surface area (Å²) in [7, 11) is 0. The summed E-state index contributed by atoms with van der Waals surface area (Å²) in [6.45, 7) is 9.51. The average molecular weight is 406 g/mol. The van der Waals surface area contributed by atoms with E-state index in [9.17, 15) is 4.79 Å². The Morgan fingerprint density at radius 2 is 2.10 bits per heavy atom. The predicted molar refractivity (Wildman–Crippen MR) is 116 cm³/mol. The van der Waals surface area contributed by atoms with Crippen LogP contribution in [0.3, 0.4) is 0 Å². The standard InChI is InChI=1S/C21H26N8O/c1-13-10-27(9-7-22-13)17-4-6-23-20-16(17)5-8-29(20)21(30)26-18-12-28-11-14(2)24-19(28)15(3)25-18/h4,6,11-13,22H,5,7-10H2,1-3H3,(H,26,30). The van der Waals surface area contributed by atoms with E-state index in [4.69, 9.17) is 0 Å². The molecule has 3 aromatic rings. The Hall–Kier alpha value is -3.20. The van der Waals surface area contributed by atoms with Gasteiger partial charge in [0, 0.05) is 55.9 Å². The number of piperazine rings is 1. The minimum Gasteiger partial charge on any atom is -0.368 e. The van der Waals surface area contributed by atoms with Gasteiger partial charge in [-0.15, -0.1) is 0 Å². The van der Waals surface area contributed by atoms with Crippen molar-refractivity contribution in [2.24, 2.45) is 0 Å². The first-order chi connectivity index (χ1) is 14.5. The summed E-state index contributed by atoms with van der Waals surface area (Å²) in [5.74, 6) is 1.25. The topological polar surface area (TPSA) is 90.7 Å². The predicted octanol–water partition coefficient (Wildman–Crippen LogP) is 2.13. The zero-order valence-electron chi connectivity index (χ0n) is 17.5. The second kappa shape index (κ2) is 7.24. The molecule has 0 aromatic carbocycles. The summed E-state index contributed by atoms with van der Waals surface area (Å²) in [5.41, 5.74) is 4.82. The van der Waals surface area contributed by atoms with Gasteiger partial charge in [-0.2, -0.15) is 0 Å². The van der Waals surface area contributed by atoms with E-state index in [0.29, 0.717) is 18.4 Å². The summed E-state index contributed by atoms with van der Waals surface area (Å²) in [5, 5.41) is 6.41. The molecule has 2 amide bonds. The van der Waals surface area contributed by atoms with Crippen molar-refractivity contribution >= 4 is 29.0 Å². The maximum atomic E-state index is 13.1. The number of anilines is 3. The van der Waals surface area contributed by atoms with Crippen molar-refractivity contribution in [2.75, 3.05) is 41.3 Å². The summed E-state index contributed by atoms with van der Waals surface area (Å²) >= 11 is 0. The van der Waals surface area contributed by atoms with Crippen molar-refractivity contribution in [1.82, 2.24) is 24.7 Å². The van der Waals surface area contributed by atoms with Crippen LogP contribution in [-0.2, 0) is 6.42 Å². The van der Waals surface area contributed by atoms with Crippen molar-refractivity contribution in [3.63, 3.8) is 0 Å². The van der Waals surface area contributed by atoms with Gasteiger partial charge < -0.3 is 14.6 Å². The van der Waals surface area contributed by atoms with Crippen LogP contribution in [-0.4, -0.2) is 57.6 Å². The third-order valence-electron chi connectivity index (χ3n) is 5.76. The molecular weight excluding hydrogens is 380 g/mol. The molecule has 9 heteroatoms. The lowest BCUT2D eigenvalue weighted by Gasteiger charge is -2.34. The molecule has 0 spiro atoms. The molecule has 1 atom stereocenters. The SMILES string of the molecule is Cc1cn2cc(NC(=O)N3CCc4c(N5CCNC(C)C5)ccnc43)nc(C)c2n1. The summed E-state index contributed by atoms with van der Waals surface area (Å²) in [4.78, 5) is 30.7. The lowest BCUT2D eigenvalue weighted by Crippen LogP contribution is -2.49. The molecular formula is C21H26N8O. The number of carbonyl (C=O) groups excluding carboxylic acids is 1. The lowest BCUT2D eigenvalue weighted by molar-refractivity contribution is 0.257. The van der Waals surface area contributed by atoms with E-state index in [0.717, 1.165) is 54.5 Å². The molecule has 2 aliphatic heterocycles. The first kappa shape index (κ1) is 18.8. The summed E-state index contributed by atoms with van der Waals surface area (Å²) < 4.78 is 1.90. The largest absolute Gasteiger partial charge is 0.368 e. The molecule has 0 saturated carbocycles. The fourth-order valence-electron chi connectivity index (χ4n) is 4.43. The van der Waals surface area contributed by atoms with Crippen LogP contribution in [0.4, 0.5) is 22.1 Å². The Morgan fingerprint density at radius 3 is 2.93 bits per heavy atom. The Bertz CT molecular complexity index is 1120. The third-order valence-corrected chi connectivity index (χ3v) is 5.76. The van der Waals surface area contributed by atoms with E-state index in [-0.39, 0.29) is 6.03 Å². The van der Waals surface area contributed by atoms with Gasteiger partial charge in [-0.05, 0) is 33.3 Å². The van der Waals surface area contributed by atoms with Crippen LogP contribution in [0.1, 0.15) is 23.9 Å². The number of imidazole rings is 1. The van der Waals surface area contributed by atoms with Gasteiger partial charge in [0.15, 0.2) is 11.5 Å². The van der Waals surface area contributed by atoms with E-state index >= 15 is 0 Å². The van der Waals surface area contributed by atoms with Crippen molar-refractivity contribution in [3.05, 3.63) is 41.6 Å². The molecule has 156 valence electrons. The number of hydrogen-bond donors (Lipinski definition) is 2. The minimum absolute atomic E-state index is 0.213. The van der Waals surface area contributed by atoms with Crippen molar-refractivity contribution < 1.29 is 4.79 Å². The molecule has 2 aliphatic rings. The van der Waals surface area contributed by atoms with Gasteiger partial charge in [0.1, 0.15) is 5.82 Å². The van der Waals surface area contributed by atoms with E-state index in [1.54, 1.807) is 17.3 Å². The first-order valence-electron chi connectivity index (χ1n) is 10.4. The van der Waals surface area contributed by atoms with Crippen LogP contribution >= 0.6 is 0 Å². The van der Waals surface area contributed by atoms with Gasteiger partial charge in [-0.3, -0.25) is 10.2 Å². The number of carbonyl (C=O) groups is 1. The second-order valence-electron chi connectivity index (χ2n) is 8.09. The van der Waals surface area contributed by atoms with Gasteiger partial charge in [0.2, 0.25) is 0 Å². The van der Waals surface area contributed by atoms with Crippen LogP contribution in [0.25, 0.3) is 5.65 Å². The van der Waals surface area contributed by atoms with E-state index < -0.39 is 0 Å². The van der Waals surface area contributed by atoms with Crippen LogP contribution in [0.2, 0.25) is 0 Å². The highest BCUT2D eigenvalue weighted by molar-refractivity contribution is 6.02. The number of pyridine rings is 1. The second-order valence-corrected chi connectivity index (χ2v) is 8.09. The van der Waals surface area contributed by atoms with Gasteiger partial charge in [0.05, 0.1) is 17.6 Å². The fraction of sp³-hybridized carbons (Fsp3) is 0.429. The number of fused-ring (bicyclic) bond motifs is 2. The fourth-order valence-corrected chi connectivity index (χ4v) is 4.43. The smallest absolute Gasteiger partial charge is 0.328 e. The Balaban J connectivity index is 1.39. The van der Waals surface area contributed by atoms with E-state index in [1.165, 1.54) is 5.69 Å². The highest BCUT2D eigenvalue weighted by Crippen LogP contribution is 2.34. The molecule has 3 aromatic heterocycles. The minimum atomic E-state index is -0.213. The van der Waals surface area contributed by atoms with Gasteiger partial charge in [-0.1, -0.05) is 0 Å². The molecule has 2 N–H and O–H groups in total. The van der Waals surface area contributed by atoms with Crippen LogP contribution < -0.4 is 20.4 Å². The Kier molecular flexibility index (Phi) is 4.54. The molecule has 0 bridgehead atoms. The Morgan fingerprint density at radius 1 is 1.23 bits per heavy atom. The number of amides is 2. The van der Waals surface area contributed by atoms with Crippen LogP contribution in [0.5, 0.6) is 0 Å². The maximum absolute atomic E-state index is 13.1. The van der Waals surface area contributed by atoms with Gasteiger partial charge in [-0.25, -0.2) is 19.7 Å². The monoisotopic (exact) mass is 406 g/mol. The molecule has 1 unspecified atom stereocenters. The van der Waals surface area contributed by atoms with Crippen molar-refractivity contribution in [2.45, 2.75) is 33.2 Å². The van der Waals surface area contributed by atoms with E-state index in [2.05, 4.69) is 43.5 Å². The van der Waals surface area contributed by atoms with Crippen LogP contribution in [0.15, 0.2) is 24.7 Å². The number of rotatable bonds is 2. The zero-order valence-corrected chi connectivity index (χ0v) is 17.5.